The van der Waals surface area contributed by atoms with Crippen molar-refractivity contribution < 1.29 is 14.3 Å². The minimum absolute atomic E-state index is 0.153. The van der Waals surface area contributed by atoms with E-state index in [2.05, 4.69) is 11.0 Å². The molecule has 4 heteroatoms. The number of rotatable bonds is 3. The Balaban J connectivity index is 1.54. The van der Waals surface area contributed by atoms with E-state index in [1.165, 1.54) is 25.7 Å². The first-order chi connectivity index (χ1) is 11.3. The number of amides is 1. The molecular formula is C19H25NO3. The molecule has 4 nitrogen and oxygen atoms in total. The molecule has 1 aromatic rings. The Morgan fingerprint density at radius 3 is 2.78 bits per heavy atom. The van der Waals surface area contributed by atoms with Crippen molar-refractivity contribution in [2.45, 2.75) is 51.0 Å². The summed E-state index contributed by atoms with van der Waals surface area (Å²) in [6.45, 7) is 2.07. The molecule has 2 heterocycles. The number of benzene rings is 1. The Hall–Kier alpha value is -1.71. The monoisotopic (exact) mass is 315 g/mol. The maximum absolute atomic E-state index is 12.8. The Labute approximate surface area is 137 Å². The molecule has 0 N–H and O–H groups in total. The molecule has 2 fully saturated rings. The van der Waals surface area contributed by atoms with E-state index in [9.17, 15) is 4.79 Å². The first-order valence-electron chi connectivity index (χ1n) is 9.01. The van der Waals surface area contributed by atoms with Gasteiger partial charge in [-0.15, -0.1) is 0 Å². The van der Waals surface area contributed by atoms with Gasteiger partial charge in [-0.05, 0) is 37.7 Å². The quantitative estimate of drug-likeness (QED) is 0.853. The summed E-state index contributed by atoms with van der Waals surface area (Å²) in [4.78, 5) is 14.9. The van der Waals surface area contributed by atoms with Gasteiger partial charge in [0.05, 0.1) is 6.04 Å². The van der Waals surface area contributed by atoms with Crippen LogP contribution in [-0.2, 0) is 4.79 Å². The van der Waals surface area contributed by atoms with Gasteiger partial charge in [-0.25, -0.2) is 0 Å². The minimum atomic E-state index is 0.153. The van der Waals surface area contributed by atoms with Gasteiger partial charge < -0.3 is 14.4 Å². The van der Waals surface area contributed by atoms with E-state index < -0.39 is 0 Å². The highest BCUT2D eigenvalue weighted by Gasteiger charge is 2.34. The number of ether oxygens (including phenoxy) is 2. The molecule has 4 rings (SSSR count). The third-order valence-electron chi connectivity index (χ3n) is 5.47. The van der Waals surface area contributed by atoms with Crippen LogP contribution in [0.3, 0.4) is 0 Å². The molecule has 0 aromatic heterocycles. The molecule has 1 amide bonds. The zero-order valence-electron chi connectivity index (χ0n) is 13.6. The molecule has 1 aliphatic carbocycles. The molecule has 2 aliphatic heterocycles. The highest BCUT2D eigenvalue weighted by Crippen LogP contribution is 2.43. The molecule has 0 unspecified atom stereocenters. The lowest BCUT2D eigenvalue weighted by atomic mass is 10.00. The lowest BCUT2D eigenvalue weighted by molar-refractivity contribution is -0.133. The second-order valence-corrected chi connectivity index (χ2v) is 6.97. The summed E-state index contributed by atoms with van der Waals surface area (Å²) in [5.74, 6) is 2.61. The molecule has 0 radical (unpaired) electrons. The number of likely N-dealkylation sites (tertiary alicyclic amines) is 1. The van der Waals surface area contributed by atoms with E-state index in [1.807, 2.05) is 12.1 Å². The summed E-state index contributed by atoms with van der Waals surface area (Å²) >= 11 is 0. The average Bonchev–Trinajstić information content (AvgIpc) is 3.25. The van der Waals surface area contributed by atoms with Crippen LogP contribution in [0.1, 0.15) is 56.6 Å². The molecule has 0 bridgehead atoms. The van der Waals surface area contributed by atoms with Gasteiger partial charge in [0.15, 0.2) is 11.5 Å². The maximum atomic E-state index is 12.8. The summed E-state index contributed by atoms with van der Waals surface area (Å²) in [5.41, 5.74) is 1.12. The third kappa shape index (κ3) is 2.91. The van der Waals surface area contributed by atoms with Gasteiger partial charge in [-0.3, -0.25) is 4.79 Å². The van der Waals surface area contributed by atoms with E-state index in [0.717, 1.165) is 42.9 Å². The summed E-state index contributed by atoms with van der Waals surface area (Å²) < 4.78 is 11.6. The Bertz CT molecular complexity index is 580. The van der Waals surface area contributed by atoms with Gasteiger partial charge in [0, 0.05) is 18.5 Å². The fourth-order valence-electron chi connectivity index (χ4n) is 4.33. The normalized spacial score (nSPS) is 24.2. The molecule has 0 spiro atoms. The van der Waals surface area contributed by atoms with E-state index in [-0.39, 0.29) is 6.04 Å². The number of nitrogens with zero attached hydrogens (tertiary/aromatic N) is 1. The first kappa shape index (κ1) is 14.9. The molecule has 3 aliphatic rings. The Kier molecular flexibility index (Phi) is 4.15. The third-order valence-corrected chi connectivity index (χ3v) is 5.47. The van der Waals surface area contributed by atoms with Gasteiger partial charge in [-0.2, -0.15) is 0 Å². The summed E-state index contributed by atoms with van der Waals surface area (Å²) in [6, 6.07) is 6.22. The van der Waals surface area contributed by atoms with Gasteiger partial charge in [0.25, 0.3) is 0 Å². The number of carbonyl (C=O) groups is 1. The zero-order chi connectivity index (χ0) is 15.6. The molecule has 1 saturated heterocycles. The predicted octanol–water partition coefficient (Wildman–Crippen LogP) is 3.70. The van der Waals surface area contributed by atoms with Crippen molar-refractivity contribution in [1.29, 1.82) is 0 Å². The Morgan fingerprint density at radius 1 is 1.09 bits per heavy atom. The number of carbonyl (C=O) groups excluding carboxylic acids is 1. The minimum Gasteiger partial charge on any atom is -0.486 e. The maximum Gasteiger partial charge on any atom is 0.223 e. The van der Waals surface area contributed by atoms with Crippen molar-refractivity contribution in [3.63, 3.8) is 0 Å². The topological polar surface area (TPSA) is 38.8 Å². The standard InChI is InChI=1S/C19H25NO3/c21-18(13-14-5-1-2-6-14)20-10-4-8-16(20)15-7-3-9-17-19(15)23-12-11-22-17/h3,7,9,14,16H,1-2,4-6,8,10-13H2/t16-/m1/s1. The summed E-state index contributed by atoms with van der Waals surface area (Å²) in [5, 5.41) is 0. The van der Waals surface area contributed by atoms with Gasteiger partial charge in [0.2, 0.25) is 5.91 Å². The summed E-state index contributed by atoms with van der Waals surface area (Å²) in [6.07, 6.45) is 7.85. The van der Waals surface area contributed by atoms with Crippen LogP contribution in [0.5, 0.6) is 11.5 Å². The number of hydrogen-bond acceptors (Lipinski definition) is 3. The molecule has 1 atom stereocenters. The average molecular weight is 315 g/mol. The SMILES string of the molecule is O=C(CC1CCCC1)N1CCC[C@@H]1c1cccc2c1OCCO2. The lowest BCUT2D eigenvalue weighted by Gasteiger charge is -2.29. The molecule has 124 valence electrons. The van der Waals surface area contributed by atoms with Crippen molar-refractivity contribution in [2.24, 2.45) is 5.92 Å². The number of hydrogen-bond donors (Lipinski definition) is 0. The molecule has 23 heavy (non-hydrogen) atoms. The second kappa shape index (κ2) is 6.42. The molecule has 1 aromatic carbocycles. The van der Waals surface area contributed by atoms with Crippen molar-refractivity contribution in [1.82, 2.24) is 4.90 Å². The van der Waals surface area contributed by atoms with Crippen LogP contribution < -0.4 is 9.47 Å². The Morgan fingerprint density at radius 2 is 1.91 bits per heavy atom. The van der Waals surface area contributed by atoms with Crippen LogP contribution in [0.4, 0.5) is 0 Å². The van der Waals surface area contributed by atoms with Crippen LogP contribution in [0, 0.1) is 5.92 Å². The van der Waals surface area contributed by atoms with Crippen molar-refractivity contribution in [2.75, 3.05) is 19.8 Å². The van der Waals surface area contributed by atoms with Crippen molar-refractivity contribution in [3.8, 4) is 11.5 Å². The van der Waals surface area contributed by atoms with Crippen LogP contribution >= 0.6 is 0 Å². The van der Waals surface area contributed by atoms with Crippen molar-refractivity contribution in [3.05, 3.63) is 23.8 Å². The lowest BCUT2D eigenvalue weighted by Crippen LogP contribution is -2.32. The number of fused-ring (bicyclic) bond motifs is 1. The fourth-order valence-corrected chi connectivity index (χ4v) is 4.33. The van der Waals surface area contributed by atoms with Gasteiger partial charge in [0.1, 0.15) is 13.2 Å². The first-order valence-corrected chi connectivity index (χ1v) is 9.01. The predicted molar refractivity (Wildman–Crippen MR) is 87.7 cm³/mol. The smallest absolute Gasteiger partial charge is 0.223 e. The highest BCUT2D eigenvalue weighted by atomic mass is 16.6. The highest BCUT2D eigenvalue weighted by molar-refractivity contribution is 5.77. The van der Waals surface area contributed by atoms with Gasteiger partial charge in [-0.1, -0.05) is 25.0 Å². The number of para-hydroxylation sites is 1. The molecule has 1 saturated carbocycles. The largest absolute Gasteiger partial charge is 0.486 e. The fraction of sp³-hybridized carbons (Fsp3) is 0.632. The van der Waals surface area contributed by atoms with Crippen LogP contribution in [0.25, 0.3) is 0 Å². The van der Waals surface area contributed by atoms with E-state index in [0.29, 0.717) is 25.0 Å². The van der Waals surface area contributed by atoms with E-state index in [1.54, 1.807) is 0 Å². The van der Waals surface area contributed by atoms with E-state index in [4.69, 9.17) is 9.47 Å². The van der Waals surface area contributed by atoms with Crippen LogP contribution in [0.15, 0.2) is 18.2 Å². The van der Waals surface area contributed by atoms with Crippen LogP contribution in [0.2, 0.25) is 0 Å². The second-order valence-electron chi connectivity index (χ2n) is 6.97. The van der Waals surface area contributed by atoms with Gasteiger partial charge >= 0.3 is 0 Å². The van der Waals surface area contributed by atoms with Crippen molar-refractivity contribution >= 4 is 5.91 Å². The summed E-state index contributed by atoms with van der Waals surface area (Å²) in [7, 11) is 0. The zero-order valence-corrected chi connectivity index (χ0v) is 13.6. The van der Waals surface area contributed by atoms with Crippen LogP contribution in [-0.4, -0.2) is 30.6 Å². The molecular weight excluding hydrogens is 290 g/mol. The van der Waals surface area contributed by atoms with E-state index >= 15 is 0 Å².